The summed E-state index contributed by atoms with van der Waals surface area (Å²) in [6.07, 6.45) is 1.96. The van der Waals surface area contributed by atoms with Gasteiger partial charge in [-0.05, 0) is 6.58 Å². The van der Waals surface area contributed by atoms with E-state index in [9.17, 15) is 0 Å². The molecule has 0 bridgehead atoms. The van der Waals surface area contributed by atoms with Crippen LogP contribution in [0.25, 0.3) is 0 Å². The minimum Gasteiger partial charge on any atom is -1.00 e. The van der Waals surface area contributed by atoms with E-state index in [1.165, 1.54) is 17.3 Å². The number of rotatable bonds is 1. The summed E-state index contributed by atoms with van der Waals surface area (Å²) in [5.41, 5.74) is 0. The maximum absolute atomic E-state index is 3.74. The SMILES string of the molecule is C=C[NH+]1CC[N+](C)=C1C.[Cl-]. The highest BCUT2D eigenvalue weighted by atomic mass is 35.5. The van der Waals surface area contributed by atoms with Gasteiger partial charge in [0.2, 0.25) is 0 Å². The van der Waals surface area contributed by atoms with Crippen LogP contribution in [-0.2, 0) is 0 Å². The minimum atomic E-state index is 0. The van der Waals surface area contributed by atoms with Crippen LogP contribution in [0, 0.1) is 0 Å². The molecule has 58 valence electrons. The number of quaternary nitrogens is 1. The highest BCUT2D eigenvalue weighted by molar-refractivity contribution is 5.65. The largest absolute Gasteiger partial charge is 1.00 e. The average Bonchev–Trinajstić information content (AvgIpc) is 2.15. The van der Waals surface area contributed by atoms with Crippen molar-refractivity contribution in [2.75, 3.05) is 20.1 Å². The lowest BCUT2D eigenvalue weighted by atomic mass is 10.5. The second-order valence-corrected chi connectivity index (χ2v) is 2.49. The maximum atomic E-state index is 3.74. The van der Waals surface area contributed by atoms with Crippen LogP contribution < -0.4 is 17.3 Å². The van der Waals surface area contributed by atoms with Gasteiger partial charge < -0.3 is 12.4 Å². The van der Waals surface area contributed by atoms with Crippen LogP contribution in [0.5, 0.6) is 0 Å². The van der Waals surface area contributed by atoms with Crippen LogP contribution in [0.4, 0.5) is 0 Å². The molecule has 1 unspecified atom stereocenters. The van der Waals surface area contributed by atoms with Gasteiger partial charge in [0.15, 0.2) is 6.54 Å². The van der Waals surface area contributed by atoms with E-state index in [1.54, 1.807) is 0 Å². The molecule has 0 aromatic heterocycles. The lowest BCUT2D eigenvalue weighted by Crippen LogP contribution is -3.08. The van der Waals surface area contributed by atoms with Gasteiger partial charge in [-0.15, -0.1) is 0 Å². The van der Waals surface area contributed by atoms with Gasteiger partial charge in [0.25, 0.3) is 0 Å². The molecule has 0 aromatic rings. The monoisotopic (exact) mass is 161 g/mol. The molecule has 1 heterocycles. The van der Waals surface area contributed by atoms with E-state index in [-0.39, 0.29) is 12.4 Å². The molecule has 0 saturated carbocycles. The minimum absolute atomic E-state index is 0. The molecule has 0 amide bonds. The molecule has 3 heteroatoms. The Morgan fingerprint density at radius 3 is 2.50 bits per heavy atom. The molecule has 2 nitrogen and oxygen atoms in total. The molecule has 0 saturated heterocycles. The Balaban J connectivity index is 0.000000810. The maximum Gasteiger partial charge on any atom is 0.338 e. The number of likely N-dealkylation sites (N-methyl/N-ethyl adjacent to an activating group) is 1. The van der Waals surface area contributed by atoms with Gasteiger partial charge in [0, 0.05) is 0 Å². The first-order valence-corrected chi connectivity index (χ1v) is 3.29. The van der Waals surface area contributed by atoms with Crippen LogP contribution in [-0.4, -0.2) is 30.5 Å². The summed E-state index contributed by atoms with van der Waals surface area (Å²) >= 11 is 0. The van der Waals surface area contributed by atoms with Crippen molar-refractivity contribution in [1.29, 1.82) is 0 Å². The number of hydrogen-bond acceptors (Lipinski definition) is 0. The first kappa shape index (κ1) is 9.66. The van der Waals surface area contributed by atoms with Crippen molar-refractivity contribution >= 4 is 5.84 Å². The van der Waals surface area contributed by atoms with Gasteiger partial charge in [0.1, 0.15) is 13.6 Å². The predicted octanol–water partition coefficient (Wildman–Crippen LogP) is -3.91. The Kier molecular flexibility index (Phi) is 3.61. The zero-order valence-electron chi connectivity index (χ0n) is 6.52. The Morgan fingerprint density at radius 2 is 2.30 bits per heavy atom. The third-order valence-electron chi connectivity index (χ3n) is 2.00. The van der Waals surface area contributed by atoms with Crippen LogP contribution in [0.3, 0.4) is 0 Å². The van der Waals surface area contributed by atoms with Gasteiger partial charge >= 0.3 is 5.84 Å². The topological polar surface area (TPSA) is 7.45 Å². The summed E-state index contributed by atoms with van der Waals surface area (Å²) < 4.78 is 2.26. The van der Waals surface area contributed by atoms with E-state index >= 15 is 0 Å². The summed E-state index contributed by atoms with van der Waals surface area (Å²) in [4.78, 5) is 1.40. The molecular formula is C7H14ClN2+. The van der Waals surface area contributed by atoms with Crippen LogP contribution >= 0.6 is 0 Å². The van der Waals surface area contributed by atoms with Crippen molar-refractivity contribution in [3.63, 3.8) is 0 Å². The van der Waals surface area contributed by atoms with Crippen molar-refractivity contribution in [2.45, 2.75) is 6.92 Å². The highest BCUT2D eigenvalue weighted by Gasteiger charge is 2.25. The van der Waals surface area contributed by atoms with Crippen LogP contribution in [0.2, 0.25) is 0 Å². The second-order valence-electron chi connectivity index (χ2n) is 2.49. The predicted molar refractivity (Wildman–Crippen MR) is 37.8 cm³/mol. The Morgan fingerprint density at radius 1 is 1.70 bits per heavy atom. The molecular weight excluding hydrogens is 148 g/mol. The summed E-state index contributed by atoms with van der Waals surface area (Å²) in [5, 5.41) is 0. The molecule has 1 aliphatic heterocycles. The number of nitrogens with zero attached hydrogens (tertiary/aromatic N) is 1. The quantitative estimate of drug-likeness (QED) is 0.376. The number of hydrogen-bond donors (Lipinski definition) is 1. The average molecular weight is 162 g/mol. The Hall–Kier alpha value is -0.340. The third-order valence-corrected chi connectivity index (χ3v) is 2.00. The van der Waals surface area contributed by atoms with Crippen molar-refractivity contribution in [1.82, 2.24) is 0 Å². The van der Waals surface area contributed by atoms with E-state index in [2.05, 4.69) is 25.1 Å². The van der Waals surface area contributed by atoms with Crippen molar-refractivity contribution in [3.05, 3.63) is 12.8 Å². The number of halogens is 1. The lowest BCUT2D eigenvalue weighted by Gasteiger charge is -1.96. The first-order chi connectivity index (χ1) is 4.25. The van der Waals surface area contributed by atoms with Gasteiger partial charge in [-0.1, -0.05) is 0 Å². The van der Waals surface area contributed by atoms with Gasteiger partial charge in [-0.2, -0.15) is 4.58 Å². The molecule has 0 fully saturated rings. The molecule has 0 radical (unpaired) electrons. The molecule has 0 aromatic carbocycles. The molecule has 0 aliphatic carbocycles. The number of nitrogens with one attached hydrogen (secondary N) is 1. The summed E-state index contributed by atoms with van der Waals surface area (Å²) in [6, 6.07) is 0. The fourth-order valence-electron chi connectivity index (χ4n) is 1.13. The van der Waals surface area contributed by atoms with Gasteiger partial charge in [-0.25, -0.2) is 4.90 Å². The molecule has 10 heavy (non-hydrogen) atoms. The summed E-state index contributed by atoms with van der Waals surface area (Å²) in [6.45, 7) is 8.22. The fourth-order valence-corrected chi connectivity index (χ4v) is 1.13. The summed E-state index contributed by atoms with van der Waals surface area (Å²) in [7, 11) is 2.12. The highest BCUT2D eigenvalue weighted by Crippen LogP contribution is 1.75. The Bertz CT molecular complexity index is 163. The normalized spacial score (nSPS) is 24.4. The fraction of sp³-hybridized carbons (Fsp3) is 0.571. The number of amidine groups is 1. The van der Waals surface area contributed by atoms with E-state index in [1.807, 2.05) is 6.20 Å². The van der Waals surface area contributed by atoms with Gasteiger partial charge in [0.05, 0.1) is 13.1 Å². The second kappa shape index (κ2) is 3.74. The Labute approximate surface area is 68.3 Å². The van der Waals surface area contributed by atoms with E-state index in [0.717, 1.165) is 6.54 Å². The third kappa shape index (κ3) is 1.58. The molecule has 1 N–H and O–H groups in total. The summed E-state index contributed by atoms with van der Waals surface area (Å²) in [5.74, 6) is 1.38. The standard InChI is InChI=1S/C7H13N2.ClH/c1-4-9-6-5-8(3)7(9)2;/h4H,1,5-6H2,2-3H3;1H/q+1;. The molecule has 1 rings (SSSR count). The van der Waals surface area contributed by atoms with Gasteiger partial charge in [-0.3, -0.25) is 0 Å². The molecule has 1 aliphatic rings. The first-order valence-electron chi connectivity index (χ1n) is 3.29. The van der Waals surface area contributed by atoms with Crippen LogP contribution in [0.15, 0.2) is 12.8 Å². The van der Waals surface area contributed by atoms with Crippen molar-refractivity contribution in [3.8, 4) is 0 Å². The molecule has 1 atom stereocenters. The van der Waals surface area contributed by atoms with E-state index < -0.39 is 0 Å². The zero-order valence-corrected chi connectivity index (χ0v) is 7.28. The van der Waals surface area contributed by atoms with Crippen molar-refractivity contribution < 1.29 is 21.9 Å². The van der Waals surface area contributed by atoms with E-state index in [4.69, 9.17) is 0 Å². The van der Waals surface area contributed by atoms with Crippen LogP contribution in [0.1, 0.15) is 6.92 Å². The lowest BCUT2D eigenvalue weighted by molar-refractivity contribution is -0.742. The molecule has 0 spiro atoms. The van der Waals surface area contributed by atoms with E-state index in [0.29, 0.717) is 0 Å². The van der Waals surface area contributed by atoms with Crippen molar-refractivity contribution in [2.24, 2.45) is 0 Å². The zero-order chi connectivity index (χ0) is 6.85. The smallest absolute Gasteiger partial charge is 0.338 e.